The molecule has 234 valence electrons. The highest BCUT2D eigenvalue weighted by Crippen LogP contribution is 2.46. The predicted molar refractivity (Wildman–Crippen MR) is 213 cm³/mol. The summed E-state index contributed by atoms with van der Waals surface area (Å²) in [7, 11) is 0. The van der Waals surface area contributed by atoms with E-state index in [1.54, 1.807) is 0 Å². The number of fused-ring (bicyclic) bond motifs is 6. The summed E-state index contributed by atoms with van der Waals surface area (Å²) in [6.45, 7) is 0. The molecule has 0 atom stereocenters. The second-order valence-corrected chi connectivity index (χ2v) is 14.6. The van der Waals surface area contributed by atoms with Gasteiger partial charge in [-0.05, 0) is 52.6 Å². The molecule has 0 unspecified atom stereocenters. The van der Waals surface area contributed by atoms with E-state index in [2.05, 4.69) is 103 Å². The highest BCUT2D eigenvalue weighted by atomic mass is 32.1. The molecule has 0 fully saturated rings. The minimum absolute atomic E-state index is 0.666. The van der Waals surface area contributed by atoms with E-state index in [-0.39, 0.29) is 0 Å². The Labute approximate surface area is 296 Å². The van der Waals surface area contributed by atoms with Gasteiger partial charge in [0.25, 0.3) is 0 Å². The van der Waals surface area contributed by atoms with Crippen LogP contribution < -0.4 is 0 Å². The summed E-state index contributed by atoms with van der Waals surface area (Å²) in [6, 6.07) is 58.0. The molecule has 0 N–H and O–H groups in total. The van der Waals surface area contributed by atoms with E-state index >= 15 is 0 Å². The Morgan fingerprint density at radius 3 is 1.52 bits per heavy atom. The van der Waals surface area contributed by atoms with Gasteiger partial charge < -0.3 is 0 Å². The van der Waals surface area contributed by atoms with Crippen molar-refractivity contribution in [3.05, 3.63) is 164 Å². The first-order chi connectivity index (χ1) is 24.8. The molecule has 7 aromatic carbocycles. The Bertz CT molecular complexity index is 2800. The molecule has 0 bridgehead atoms. The summed E-state index contributed by atoms with van der Waals surface area (Å²) in [6.07, 6.45) is 0. The average Bonchev–Trinajstić information content (AvgIpc) is 3.76. The van der Waals surface area contributed by atoms with Gasteiger partial charge in [-0.3, -0.25) is 0 Å². The summed E-state index contributed by atoms with van der Waals surface area (Å²) in [5, 5.41) is 5.16. The van der Waals surface area contributed by atoms with Crippen molar-refractivity contribution in [2.75, 3.05) is 0 Å². The van der Waals surface area contributed by atoms with Gasteiger partial charge in [-0.25, -0.2) is 15.0 Å². The smallest absolute Gasteiger partial charge is 0.164 e. The van der Waals surface area contributed by atoms with E-state index in [0.717, 1.165) is 16.7 Å². The molecular weight excluding hydrogens is 647 g/mol. The zero-order valence-electron chi connectivity index (χ0n) is 26.7. The van der Waals surface area contributed by atoms with Crippen LogP contribution in [0.5, 0.6) is 0 Å². The third-order valence-corrected chi connectivity index (χ3v) is 11.6. The van der Waals surface area contributed by atoms with Crippen LogP contribution in [-0.2, 0) is 0 Å². The number of thiophene rings is 2. The van der Waals surface area contributed by atoms with Crippen LogP contribution in [0.4, 0.5) is 0 Å². The van der Waals surface area contributed by atoms with Crippen LogP contribution in [0.1, 0.15) is 0 Å². The molecule has 10 rings (SSSR count). The largest absolute Gasteiger partial charge is 0.208 e. The molecule has 0 aliphatic carbocycles. The highest BCUT2D eigenvalue weighted by molar-refractivity contribution is 7.26. The molecule has 50 heavy (non-hydrogen) atoms. The summed E-state index contributed by atoms with van der Waals surface area (Å²) >= 11 is 3.69. The fourth-order valence-electron chi connectivity index (χ4n) is 7.00. The first-order valence-corrected chi connectivity index (χ1v) is 18.2. The minimum atomic E-state index is 0.666. The Balaban J connectivity index is 1.15. The molecule has 5 heteroatoms. The number of nitrogens with zero attached hydrogens (tertiary/aromatic N) is 3. The van der Waals surface area contributed by atoms with Crippen molar-refractivity contribution in [1.29, 1.82) is 0 Å². The molecule has 0 amide bonds. The van der Waals surface area contributed by atoms with E-state index < -0.39 is 0 Å². The van der Waals surface area contributed by atoms with Gasteiger partial charge in [0, 0.05) is 57.0 Å². The molecule has 0 saturated heterocycles. The van der Waals surface area contributed by atoms with Gasteiger partial charge in [-0.2, -0.15) is 0 Å². The van der Waals surface area contributed by atoms with Crippen LogP contribution in [0.15, 0.2) is 164 Å². The number of hydrogen-bond acceptors (Lipinski definition) is 5. The summed E-state index contributed by atoms with van der Waals surface area (Å²) in [5.41, 5.74) is 7.88. The lowest BCUT2D eigenvalue weighted by Gasteiger charge is -2.11. The third-order valence-electron chi connectivity index (χ3n) is 9.33. The Hall–Kier alpha value is -6.01. The molecule has 3 heterocycles. The molecule has 0 spiro atoms. The third kappa shape index (κ3) is 4.90. The van der Waals surface area contributed by atoms with Gasteiger partial charge in [-0.1, -0.05) is 133 Å². The van der Waals surface area contributed by atoms with E-state index in [1.807, 2.05) is 83.3 Å². The zero-order chi connectivity index (χ0) is 33.0. The van der Waals surface area contributed by atoms with Crippen molar-refractivity contribution in [1.82, 2.24) is 15.0 Å². The Morgan fingerprint density at radius 2 is 0.820 bits per heavy atom. The average molecular weight is 674 g/mol. The van der Waals surface area contributed by atoms with E-state index in [9.17, 15) is 0 Å². The van der Waals surface area contributed by atoms with Crippen molar-refractivity contribution in [2.24, 2.45) is 0 Å². The quantitative estimate of drug-likeness (QED) is 0.182. The molecule has 10 aromatic rings. The second kappa shape index (κ2) is 11.8. The maximum absolute atomic E-state index is 4.99. The summed E-state index contributed by atoms with van der Waals surface area (Å²) in [4.78, 5) is 14.9. The van der Waals surface area contributed by atoms with Gasteiger partial charge in [0.05, 0.1) is 0 Å². The van der Waals surface area contributed by atoms with Crippen LogP contribution in [0.3, 0.4) is 0 Å². The first-order valence-electron chi connectivity index (χ1n) is 16.6. The molecule has 3 aromatic heterocycles. The molecule has 0 saturated carbocycles. The lowest BCUT2D eigenvalue weighted by molar-refractivity contribution is 1.07. The molecule has 3 nitrogen and oxygen atoms in total. The van der Waals surface area contributed by atoms with Crippen LogP contribution in [0.2, 0.25) is 0 Å². The predicted octanol–water partition coefficient (Wildman–Crippen LogP) is 12.9. The number of hydrogen-bond donors (Lipinski definition) is 0. The highest BCUT2D eigenvalue weighted by Gasteiger charge is 2.18. The Kier molecular flexibility index (Phi) is 6.86. The maximum atomic E-state index is 4.99. The molecule has 0 aliphatic rings. The SMILES string of the molecule is c1ccc(-c2nc(-c3ccccc3)nc(-c3ccc4c(c3)sc3cccc(-c5cc(-c6ccccc6)c6c(c5)sc5ccccc56)c34)n2)cc1. The van der Waals surface area contributed by atoms with Crippen LogP contribution in [0.25, 0.3) is 96.8 Å². The van der Waals surface area contributed by atoms with Crippen molar-refractivity contribution < 1.29 is 0 Å². The topological polar surface area (TPSA) is 38.7 Å². The van der Waals surface area contributed by atoms with Gasteiger partial charge >= 0.3 is 0 Å². The van der Waals surface area contributed by atoms with Gasteiger partial charge in [0.2, 0.25) is 0 Å². The fraction of sp³-hybridized carbons (Fsp3) is 0. The van der Waals surface area contributed by atoms with Crippen molar-refractivity contribution in [2.45, 2.75) is 0 Å². The number of aromatic nitrogens is 3. The standard InChI is InChI=1S/C45H27N3S2/c1-4-13-28(14-5-1)36-25-32(27-40-42(36)34-19-10-11-21-37(34)49-40)33-20-12-22-38-41(33)35-24-23-31(26-39(35)50-38)45-47-43(29-15-6-2-7-16-29)46-44(48-45)30-17-8-3-9-18-30/h1-27H. The normalized spacial score (nSPS) is 11.6. The lowest BCUT2D eigenvalue weighted by Crippen LogP contribution is -1.99. The molecular formula is C45H27N3S2. The van der Waals surface area contributed by atoms with Crippen LogP contribution in [0, 0.1) is 0 Å². The van der Waals surface area contributed by atoms with Crippen molar-refractivity contribution in [3.8, 4) is 56.4 Å². The molecule has 0 aliphatic heterocycles. The van der Waals surface area contributed by atoms with E-state index in [0.29, 0.717) is 17.5 Å². The first kappa shape index (κ1) is 29.0. The maximum Gasteiger partial charge on any atom is 0.164 e. The van der Waals surface area contributed by atoms with Crippen LogP contribution in [-0.4, -0.2) is 15.0 Å². The Morgan fingerprint density at radius 1 is 0.300 bits per heavy atom. The summed E-state index contributed by atoms with van der Waals surface area (Å²) < 4.78 is 5.09. The molecule has 0 radical (unpaired) electrons. The van der Waals surface area contributed by atoms with Crippen molar-refractivity contribution >= 4 is 63.0 Å². The fourth-order valence-corrected chi connectivity index (χ4v) is 9.34. The summed E-state index contributed by atoms with van der Waals surface area (Å²) in [5.74, 6) is 2.00. The van der Waals surface area contributed by atoms with E-state index in [1.165, 1.54) is 62.6 Å². The number of benzene rings is 7. The van der Waals surface area contributed by atoms with Gasteiger partial charge in [-0.15, -0.1) is 22.7 Å². The minimum Gasteiger partial charge on any atom is -0.208 e. The second-order valence-electron chi connectivity index (χ2n) is 12.4. The van der Waals surface area contributed by atoms with Crippen molar-refractivity contribution in [3.63, 3.8) is 0 Å². The monoisotopic (exact) mass is 673 g/mol. The van der Waals surface area contributed by atoms with Crippen LogP contribution >= 0.6 is 22.7 Å². The van der Waals surface area contributed by atoms with E-state index in [4.69, 9.17) is 15.0 Å². The van der Waals surface area contributed by atoms with Gasteiger partial charge in [0.1, 0.15) is 0 Å². The van der Waals surface area contributed by atoms with Gasteiger partial charge in [0.15, 0.2) is 17.5 Å². The zero-order valence-corrected chi connectivity index (χ0v) is 28.4. The lowest BCUT2D eigenvalue weighted by atomic mass is 9.93. The number of rotatable bonds is 5.